The monoisotopic (exact) mass is 398 g/mol. The average molecular weight is 399 g/mol. The Balaban J connectivity index is 3.02. The molecule has 0 saturated heterocycles. The summed E-state index contributed by atoms with van der Waals surface area (Å²) in [4.78, 5) is 23.8. The van der Waals surface area contributed by atoms with Crippen molar-refractivity contribution in [3.63, 3.8) is 0 Å². The van der Waals surface area contributed by atoms with E-state index >= 15 is 0 Å². The Labute approximate surface area is 135 Å². The van der Waals surface area contributed by atoms with E-state index < -0.39 is 22.0 Å². The molecule has 0 aliphatic rings. The molecule has 0 spiro atoms. The largest absolute Gasteiger partial charge is 0.477 e. The molecule has 1 unspecified atom stereocenters. The van der Waals surface area contributed by atoms with E-state index in [1.807, 2.05) is 0 Å². The maximum Gasteiger partial charge on any atom is 0.345 e. The predicted octanol–water partition coefficient (Wildman–Crippen LogP) is 1.35. The van der Waals surface area contributed by atoms with E-state index in [4.69, 9.17) is 5.11 Å². The van der Waals surface area contributed by atoms with E-state index in [9.17, 15) is 18.0 Å². The van der Waals surface area contributed by atoms with Crippen molar-refractivity contribution in [2.45, 2.75) is 24.8 Å². The van der Waals surface area contributed by atoms with Crippen LogP contribution in [-0.4, -0.2) is 49.9 Å². The van der Waals surface area contributed by atoms with Gasteiger partial charge in [0.25, 0.3) is 0 Å². The first-order valence-corrected chi connectivity index (χ1v) is 8.99. The lowest BCUT2D eigenvalue weighted by molar-refractivity contribution is -0.131. The van der Waals surface area contributed by atoms with Gasteiger partial charge in [-0.25, -0.2) is 13.2 Å². The molecular weight excluding hydrogens is 384 g/mol. The Morgan fingerprint density at radius 1 is 1.52 bits per heavy atom. The Hall–Kier alpha value is -0.970. The summed E-state index contributed by atoms with van der Waals surface area (Å²) < 4.78 is 26.9. The molecule has 1 aromatic rings. The number of aromatic carboxylic acids is 1. The molecule has 2 N–H and O–H groups in total. The van der Waals surface area contributed by atoms with Crippen molar-refractivity contribution >= 4 is 49.2 Å². The number of carbonyl (C=O) groups is 2. The minimum atomic E-state index is -3.99. The van der Waals surface area contributed by atoms with Crippen LogP contribution in [0.25, 0.3) is 0 Å². The molecule has 7 nitrogen and oxygen atoms in total. The summed E-state index contributed by atoms with van der Waals surface area (Å²) in [6.07, 6.45) is 0. The molecule has 0 bridgehead atoms. The third-order valence-corrected chi connectivity index (χ3v) is 6.49. The highest BCUT2D eigenvalue weighted by atomic mass is 79.9. The summed E-state index contributed by atoms with van der Waals surface area (Å²) in [5.74, 6) is -1.58. The highest BCUT2D eigenvalue weighted by Gasteiger charge is 2.27. The van der Waals surface area contributed by atoms with Crippen molar-refractivity contribution in [2.75, 3.05) is 13.6 Å². The van der Waals surface area contributed by atoms with Crippen LogP contribution < -0.4 is 4.72 Å². The van der Waals surface area contributed by atoms with Gasteiger partial charge in [-0.05, 0) is 35.8 Å². The maximum atomic E-state index is 12.2. The number of amides is 1. The van der Waals surface area contributed by atoms with E-state index in [1.165, 1.54) is 11.8 Å². The number of halogens is 1. The van der Waals surface area contributed by atoms with Gasteiger partial charge in [0.1, 0.15) is 9.77 Å². The van der Waals surface area contributed by atoms with E-state index in [2.05, 4.69) is 20.7 Å². The fourth-order valence-electron chi connectivity index (χ4n) is 1.47. The van der Waals surface area contributed by atoms with Crippen molar-refractivity contribution in [1.29, 1.82) is 0 Å². The van der Waals surface area contributed by atoms with Crippen molar-refractivity contribution in [3.05, 3.63) is 14.7 Å². The van der Waals surface area contributed by atoms with Gasteiger partial charge in [-0.15, -0.1) is 11.3 Å². The van der Waals surface area contributed by atoms with Gasteiger partial charge >= 0.3 is 5.97 Å². The van der Waals surface area contributed by atoms with Crippen LogP contribution in [0.3, 0.4) is 0 Å². The molecule has 1 aromatic heterocycles. The van der Waals surface area contributed by atoms with E-state index in [0.717, 1.165) is 17.4 Å². The summed E-state index contributed by atoms with van der Waals surface area (Å²) in [7, 11) is -2.42. The number of carbonyl (C=O) groups excluding carboxylic acids is 1. The van der Waals surface area contributed by atoms with Gasteiger partial charge < -0.3 is 10.0 Å². The summed E-state index contributed by atoms with van der Waals surface area (Å²) in [5, 5.41) is 8.88. The molecular formula is C11H15BrN2O5S2. The van der Waals surface area contributed by atoms with Gasteiger partial charge in [0.15, 0.2) is 0 Å². The number of carboxylic acids is 1. The van der Waals surface area contributed by atoms with Gasteiger partial charge in [-0.3, -0.25) is 4.79 Å². The second-order valence-corrected chi connectivity index (χ2v) is 8.30. The quantitative estimate of drug-likeness (QED) is 0.752. The third kappa shape index (κ3) is 4.25. The molecule has 1 heterocycles. The molecule has 10 heteroatoms. The molecule has 0 radical (unpaired) electrons. The number of nitrogens with one attached hydrogen (secondary N) is 1. The number of hydrogen-bond donors (Lipinski definition) is 2. The van der Waals surface area contributed by atoms with Crippen molar-refractivity contribution < 1.29 is 23.1 Å². The zero-order valence-electron chi connectivity index (χ0n) is 11.6. The standard InChI is InChI=1S/C11H15BrN2O5S2/c1-4-14(3)10(15)6(2)13-21(18,19)8-5-7(11(16)17)20-9(8)12/h5-6,13H,4H2,1-3H3,(H,16,17). The first-order chi connectivity index (χ1) is 9.60. The van der Waals surface area contributed by atoms with Gasteiger partial charge in [0.05, 0.1) is 9.83 Å². The third-order valence-electron chi connectivity index (χ3n) is 2.71. The molecule has 0 saturated carbocycles. The number of carboxylic acid groups (broad SMARTS) is 1. The zero-order valence-corrected chi connectivity index (χ0v) is 14.8. The minimum absolute atomic E-state index is 0.105. The van der Waals surface area contributed by atoms with Crippen LogP contribution in [0.4, 0.5) is 0 Å². The van der Waals surface area contributed by atoms with Gasteiger partial charge in [-0.2, -0.15) is 4.72 Å². The highest BCUT2D eigenvalue weighted by Crippen LogP contribution is 2.31. The summed E-state index contributed by atoms with van der Waals surface area (Å²) in [6, 6.07) is 0.111. The van der Waals surface area contributed by atoms with E-state index in [1.54, 1.807) is 14.0 Å². The molecule has 0 fully saturated rings. The molecule has 0 aromatic carbocycles. The van der Waals surface area contributed by atoms with Crippen LogP contribution in [0.1, 0.15) is 23.5 Å². The number of likely N-dealkylation sites (N-methyl/N-ethyl adjacent to an activating group) is 1. The van der Waals surface area contributed by atoms with Crippen LogP contribution in [-0.2, 0) is 14.8 Å². The Bertz CT molecular complexity index is 656. The molecule has 118 valence electrons. The number of thiophene rings is 1. The molecule has 0 aliphatic heterocycles. The second kappa shape index (κ2) is 6.86. The fraction of sp³-hybridized carbons (Fsp3) is 0.455. The van der Waals surface area contributed by atoms with Crippen molar-refractivity contribution in [1.82, 2.24) is 9.62 Å². The van der Waals surface area contributed by atoms with Crippen LogP contribution >= 0.6 is 27.3 Å². The number of sulfonamides is 1. The van der Waals surface area contributed by atoms with Gasteiger partial charge in [-0.1, -0.05) is 0 Å². The maximum absolute atomic E-state index is 12.2. The van der Waals surface area contributed by atoms with Crippen molar-refractivity contribution in [3.8, 4) is 0 Å². The molecule has 1 atom stereocenters. The minimum Gasteiger partial charge on any atom is -0.477 e. The average Bonchev–Trinajstić information content (AvgIpc) is 2.79. The van der Waals surface area contributed by atoms with Gasteiger partial charge in [0, 0.05) is 13.6 Å². The zero-order chi connectivity index (χ0) is 16.4. The molecule has 21 heavy (non-hydrogen) atoms. The van der Waals surface area contributed by atoms with Crippen molar-refractivity contribution in [2.24, 2.45) is 0 Å². The summed E-state index contributed by atoms with van der Waals surface area (Å²) in [5.41, 5.74) is 0. The second-order valence-electron chi connectivity index (χ2n) is 4.25. The van der Waals surface area contributed by atoms with Crippen LogP contribution in [0.5, 0.6) is 0 Å². The van der Waals surface area contributed by atoms with Crippen LogP contribution in [0, 0.1) is 0 Å². The van der Waals surface area contributed by atoms with Crippen LogP contribution in [0.2, 0.25) is 0 Å². The Kier molecular flexibility index (Phi) is 5.91. The highest BCUT2D eigenvalue weighted by molar-refractivity contribution is 9.11. The molecule has 0 aliphatic carbocycles. The number of hydrogen-bond acceptors (Lipinski definition) is 5. The van der Waals surface area contributed by atoms with E-state index in [-0.39, 0.29) is 19.5 Å². The Morgan fingerprint density at radius 3 is 2.52 bits per heavy atom. The predicted molar refractivity (Wildman–Crippen MR) is 82.1 cm³/mol. The Morgan fingerprint density at radius 2 is 2.10 bits per heavy atom. The number of rotatable bonds is 6. The topological polar surface area (TPSA) is 104 Å². The molecule has 1 rings (SSSR count). The summed E-state index contributed by atoms with van der Waals surface area (Å²) >= 11 is 3.83. The van der Waals surface area contributed by atoms with Crippen LogP contribution in [0.15, 0.2) is 14.7 Å². The first-order valence-electron chi connectivity index (χ1n) is 5.90. The fourth-order valence-corrected chi connectivity index (χ4v) is 5.07. The first kappa shape index (κ1) is 18.1. The van der Waals surface area contributed by atoms with E-state index in [0.29, 0.717) is 6.54 Å². The summed E-state index contributed by atoms with van der Waals surface area (Å²) in [6.45, 7) is 3.66. The normalized spacial score (nSPS) is 13.0. The molecule has 1 amide bonds. The smallest absolute Gasteiger partial charge is 0.345 e. The SMILES string of the molecule is CCN(C)C(=O)C(C)NS(=O)(=O)c1cc(C(=O)O)sc1Br. The lowest BCUT2D eigenvalue weighted by Crippen LogP contribution is -2.45. The lowest BCUT2D eigenvalue weighted by Gasteiger charge is -2.20. The number of nitrogens with zero attached hydrogens (tertiary/aromatic N) is 1. The van der Waals surface area contributed by atoms with Gasteiger partial charge in [0.2, 0.25) is 15.9 Å². The lowest BCUT2D eigenvalue weighted by atomic mass is 10.3.